The molecular weight excluding hydrogens is 645 g/mol. The van der Waals surface area contributed by atoms with E-state index in [0.29, 0.717) is 12.8 Å². The van der Waals surface area contributed by atoms with E-state index in [1.165, 1.54) is 173 Å². The second-order valence-electron chi connectivity index (χ2n) is 15.5. The summed E-state index contributed by atoms with van der Waals surface area (Å²) in [6.07, 6.45) is 52.5. The minimum absolute atomic E-state index is 0.0614. The Morgan fingerprint density at radius 2 is 0.769 bits per heavy atom. The number of carbonyl (C=O) groups is 2. The lowest BCUT2D eigenvalue weighted by Gasteiger charge is -2.15. The first kappa shape index (κ1) is 50.4. The van der Waals surface area contributed by atoms with Gasteiger partial charge in [-0.25, -0.2) is 0 Å². The lowest BCUT2D eigenvalue weighted by molar-refractivity contribution is -0.161. The average Bonchev–Trinajstić information content (AvgIpc) is 3.15. The van der Waals surface area contributed by atoms with Crippen LogP contribution in [0.4, 0.5) is 0 Å². The summed E-state index contributed by atoms with van der Waals surface area (Å²) < 4.78 is 10.6. The molecular formula is C47H88O5. The molecule has 1 unspecified atom stereocenters. The van der Waals surface area contributed by atoms with Gasteiger partial charge < -0.3 is 14.6 Å². The van der Waals surface area contributed by atoms with Gasteiger partial charge in [-0.15, -0.1) is 0 Å². The van der Waals surface area contributed by atoms with Crippen molar-refractivity contribution in [1.82, 2.24) is 0 Å². The number of aliphatic hydroxyl groups excluding tert-OH is 1. The van der Waals surface area contributed by atoms with Crippen LogP contribution in [-0.2, 0) is 19.1 Å². The van der Waals surface area contributed by atoms with Gasteiger partial charge >= 0.3 is 11.9 Å². The molecule has 0 aromatic rings. The Bertz CT molecular complexity index is 791. The van der Waals surface area contributed by atoms with E-state index in [0.717, 1.165) is 44.9 Å². The molecule has 306 valence electrons. The van der Waals surface area contributed by atoms with Gasteiger partial charge in [0.1, 0.15) is 6.61 Å². The fourth-order valence-electron chi connectivity index (χ4n) is 6.76. The number of unbranched alkanes of at least 4 members (excludes halogenated alkanes) is 30. The van der Waals surface area contributed by atoms with E-state index in [1.807, 2.05) is 0 Å². The average molecular weight is 733 g/mol. The van der Waals surface area contributed by atoms with Crippen LogP contribution in [-0.4, -0.2) is 36.4 Å². The van der Waals surface area contributed by atoms with Gasteiger partial charge in [0.2, 0.25) is 0 Å². The first-order chi connectivity index (χ1) is 25.6. The molecule has 0 aliphatic rings. The lowest BCUT2D eigenvalue weighted by Crippen LogP contribution is -2.28. The van der Waals surface area contributed by atoms with Crippen LogP contribution in [0.3, 0.4) is 0 Å². The number of allylic oxidation sites excluding steroid dienone is 4. The van der Waals surface area contributed by atoms with Gasteiger partial charge in [-0.1, -0.05) is 212 Å². The van der Waals surface area contributed by atoms with Gasteiger partial charge in [-0.2, -0.15) is 0 Å². The van der Waals surface area contributed by atoms with E-state index in [1.54, 1.807) is 0 Å². The van der Waals surface area contributed by atoms with Gasteiger partial charge in [-0.3, -0.25) is 9.59 Å². The van der Waals surface area contributed by atoms with Crippen LogP contribution >= 0.6 is 0 Å². The standard InChI is InChI=1S/C47H88O5/c1-3-5-7-9-11-13-15-17-19-20-21-22-23-24-25-26-28-30-32-34-36-38-40-42-47(50)52-45(43-48)44-51-46(49)41-39-37-35-33-31-29-27-18-16-14-12-10-8-6-4-2/h15,17,20-21,45,48H,3-14,16,18-19,22-44H2,1-2H3/b17-15-,21-20-. The van der Waals surface area contributed by atoms with Crippen molar-refractivity contribution in [3.05, 3.63) is 24.3 Å². The summed E-state index contributed by atoms with van der Waals surface area (Å²) in [5.74, 6) is -0.581. The monoisotopic (exact) mass is 733 g/mol. The van der Waals surface area contributed by atoms with Crippen LogP contribution < -0.4 is 0 Å². The van der Waals surface area contributed by atoms with Crippen molar-refractivity contribution in [3.63, 3.8) is 0 Å². The maximum Gasteiger partial charge on any atom is 0.306 e. The molecule has 1 atom stereocenters. The number of hydrogen-bond donors (Lipinski definition) is 1. The first-order valence-corrected chi connectivity index (χ1v) is 22.9. The predicted octanol–water partition coefficient (Wildman–Crippen LogP) is 14.6. The molecule has 0 radical (unpaired) electrons. The smallest absolute Gasteiger partial charge is 0.306 e. The molecule has 0 aromatic carbocycles. The summed E-state index contributed by atoms with van der Waals surface area (Å²) >= 11 is 0. The molecule has 0 saturated heterocycles. The van der Waals surface area contributed by atoms with Gasteiger partial charge in [0.15, 0.2) is 6.10 Å². The van der Waals surface area contributed by atoms with E-state index in [4.69, 9.17) is 9.47 Å². The fourth-order valence-corrected chi connectivity index (χ4v) is 6.76. The SMILES string of the molecule is CCCCCCC/C=C\C/C=C\CCCCCCCCCCCCCC(=O)OC(CO)COC(=O)CCCCCCCCCCCCCCCCC. The van der Waals surface area contributed by atoms with E-state index in [2.05, 4.69) is 38.2 Å². The molecule has 5 nitrogen and oxygen atoms in total. The van der Waals surface area contributed by atoms with Crippen molar-refractivity contribution in [2.75, 3.05) is 13.2 Å². The van der Waals surface area contributed by atoms with Crippen LogP contribution in [0.25, 0.3) is 0 Å². The molecule has 0 fully saturated rings. The Kier molecular flexibility index (Phi) is 42.4. The molecule has 0 saturated carbocycles. The van der Waals surface area contributed by atoms with Gasteiger partial charge in [-0.05, 0) is 44.9 Å². The maximum absolute atomic E-state index is 12.2. The van der Waals surface area contributed by atoms with Crippen molar-refractivity contribution in [2.45, 2.75) is 251 Å². The second kappa shape index (κ2) is 43.8. The van der Waals surface area contributed by atoms with Crippen molar-refractivity contribution >= 4 is 11.9 Å². The molecule has 0 aliphatic heterocycles. The second-order valence-corrected chi connectivity index (χ2v) is 15.5. The highest BCUT2D eigenvalue weighted by Gasteiger charge is 2.16. The summed E-state index contributed by atoms with van der Waals surface area (Å²) in [6, 6.07) is 0. The zero-order valence-electron chi connectivity index (χ0n) is 34.8. The third kappa shape index (κ3) is 41.1. The summed E-state index contributed by atoms with van der Waals surface area (Å²) in [6.45, 7) is 4.15. The number of carbonyl (C=O) groups excluding carboxylic acids is 2. The van der Waals surface area contributed by atoms with Crippen LogP contribution in [0.5, 0.6) is 0 Å². The predicted molar refractivity (Wildman–Crippen MR) is 224 cm³/mol. The number of ether oxygens (including phenoxy) is 2. The van der Waals surface area contributed by atoms with Crippen LogP contribution in [0.1, 0.15) is 245 Å². The van der Waals surface area contributed by atoms with Crippen LogP contribution in [0.15, 0.2) is 24.3 Å². The minimum atomic E-state index is -0.768. The Morgan fingerprint density at radius 3 is 1.13 bits per heavy atom. The van der Waals surface area contributed by atoms with Crippen molar-refractivity contribution in [2.24, 2.45) is 0 Å². The highest BCUT2D eigenvalue weighted by atomic mass is 16.6. The molecule has 0 aliphatic carbocycles. The number of esters is 2. The zero-order chi connectivity index (χ0) is 37.8. The highest BCUT2D eigenvalue weighted by Crippen LogP contribution is 2.15. The highest BCUT2D eigenvalue weighted by molar-refractivity contribution is 5.70. The van der Waals surface area contributed by atoms with Crippen LogP contribution in [0, 0.1) is 0 Å². The molecule has 0 heterocycles. The van der Waals surface area contributed by atoms with Crippen molar-refractivity contribution < 1.29 is 24.2 Å². The molecule has 0 bridgehead atoms. The molecule has 1 N–H and O–H groups in total. The van der Waals surface area contributed by atoms with Gasteiger partial charge in [0.25, 0.3) is 0 Å². The van der Waals surface area contributed by atoms with Crippen molar-refractivity contribution in [1.29, 1.82) is 0 Å². The van der Waals surface area contributed by atoms with Gasteiger partial charge in [0, 0.05) is 12.8 Å². The Hall–Kier alpha value is -1.62. The van der Waals surface area contributed by atoms with E-state index >= 15 is 0 Å². The normalized spacial score (nSPS) is 12.3. The number of rotatable bonds is 42. The molecule has 0 rings (SSSR count). The van der Waals surface area contributed by atoms with Gasteiger partial charge in [0.05, 0.1) is 6.61 Å². The first-order valence-electron chi connectivity index (χ1n) is 22.9. The molecule has 0 amide bonds. The summed E-state index contributed by atoms with van der Waals surface area (Å²) in [5.41, 5.74) is 0. The maximum atomic E-state index is 12.2. The summed E-state index contributed by atoms with van der Waals surface area (Å²) in [7, 11) is 0. The third-order valence-corrected chi connectivity index (χ3v) is 10.2. The molecule has 0 aromatic heterocycles. The van der Waals surface area contributed by atoms with E-state index in [-0.39, 0.29) is 25.2 Å². The molecule has 52 heavy (non-hydrogen) atoms. The molecule has 5 heteroatoms. The van der Waals surface area contributed by atoms with Crippen LogP contribution in [0.2, 0.25) is 0 Å². The summed E-state index contributed by atoms with van der Waals surface area (Å²) in [5, 5.41) is 9.59. The Labute approximate surface area is 323 Å². The van der Waals surface area contributed by atoms with E-state index < -0.39 is 6.10 Å². The Balaban J connectivity index is 3.49. The minimum Gasteiger partial charge on any atom is -0.462 e. The topological polar surface area (TPSA) is 72.8 Å². The molecule has 0 spiro atoms. The largest absolute Gasteiger partial charge is 0.462 e. The Morgan fingerprint density at radius 1 is 0.442 bits per heavy atom. The number of aliphatic hydroxyl groups is 1. The number of hydrogen-bond acceptors (Lipinski definition) is 5. The van der Waals surface area contributed by atoms with Crippen molar-refractivity contribution in [3.8, 4) is 0 Å². The summed E-state index contributed by atoms with van der Waals surface area (Å²) in [4.78, 5) is 24.3. The third-order valence-electron chi connectivity index (χ3n) is 10.2. The van der Waals surface area contributed by atoms with E-state index in [9.17, 15) is 14.7 Å². The quantitative estimate of drug-likeness (QED) is 0.0384. The zero-order valence-corrected chi connectivity index (χ0v) is 34.8. The lowest BCUT2D eigenvalue weighted by atomic mass is 10.0. The fraction of sp³-hybridized carbons (Fsp3) is 0.872.